The Morgan fingerprint density at radius 3 is 2.44 bits per heavy atom. The van der Waals surface area contributed by atoms with Gasteiger partial charge in [-0.25, -0.2) is 4.98 Å². The van der Waals surface area contributed by atoms with Crippen molar-refractivity contribution in [3.63, 3.8) is 0 Å². The maximum absolute atomic E-state index is 4.81. The molecule has 0 aliphatic carbocycles. The van der Waals surface area contributed by atoms with Gasteiger partial charge in [-0.1, -0.05) is 11.8 Å². The Kier molecular flexibility index (Phi) is 5.17. The van der Waals surface area contributed by atoms with Crippen LogP contribution in [0, 0.1) is 18.8 Å². The smallest absolute Gasteiger partial charge is 0.111 e. The second-order valence-corrected chi connectivity index (χ2v) is 8.46. The lowest BCUT2D eigenvalue weighted by Crippen LogP contribution is -2.43. The fourth-order valence-electron chi connectivity index (χ4n) is 4.58. The Balaban J connectivity index is 1.45. The van der Waals surface area contributed by atoms with Gasteiger partial charge in [-0.15, -0.1) is 0 Å². The molecule has 1 aliphatic heterocycles. The molecule has 1 aliphatic rings. The Labute approximate surface area is 198 Å². The number of aromatic nitrogens is 4. The second kappa shape index (κ2) is 8.62. The van der Waals surface area contributed by atoms with Crippen molar-refractivity contribution in [1.29, 1.82) is 0 Å². The highest BCUT2D eigenvalue weighted by molar-refractivity contribution is 6.03. The molecule has 166 valence electrons. The standard InChI is InChI=1S/C28H24N6/c1-20-32-27-19-31-26-11-6-21(4-5-22-3-2-12-30-18-22)17-25(26)28(27)34(20)24-9-7-23(8-10-24)33-15-13-29-14-16-33/h2-3,6-12,17-19,29H,13-16H2,1H3. The summed E-state index contributed by atoms with van der Waals surface area (Å²) < 4.78 is 2.22. The number of nitrogens with zero attached hydrogens (tertiary/aromatic N) is 5. The van der Waals surface area contributed by atoms with E-state index >= 15 is 0 Å². The molecule has 0 atom stereocenters. The summed E-state index contributed by atoms with van der Waals surface area (Å²) in [7, 11) is 0. The van der Waals surface area contributed by atoms with Crippen LogP contribution in [0.2, 0.25) is 0 Å². The molecule has 1 saturated heterocycles. The van der Waals surface area contributed by atoms with Gasteiger partial charge < -0.3 is 10.2 Å². The van der Waals surface area contributed by atoms with Crippen molar-refractivity contribution in [2.24, 2.45) is 0 Å². The van der Waals surface area contributed by atoms with Crippen LogP contribution in [0.15, 0.2) is 73.2 Å². The lowest BCUT2D eigenvalue weighted by molar-refractivity contribution is 0.589. The van der Waals surface area contributed by atoms with E-state index in [1.54, 1.807) is 12.4 Å². The second-order valence-electron chi connectivity index (χ2n) is 8.46. The van der Waals surface area contributed by atoms with Gasteiger partial charge in [-0.3, -0.25) is 14.5 Å². The largest absolute Gasteiger partial charge is 0.369 e. The third kappa shape index (κ3) is 3.76. The number of aryl methyl sites for hydroxylation is 1. The number of hydrogen-bond donors (Lipinski definition) is 1. The van der Waals surface area contributed by atoms with E-state index < -0.39 is 0 Å². The van der Waals surface area contributed by atoms with Gasteiger partial charge in [0.2, 0.25) is 0 Å². The maximum Gasteiger partial charge on any atom is 0.111 e. The summed E-state index contributed by atoms with van der Waals surface area (Å²) in [6.45, 7) is 6.16. The lowest BCUT2D eigenvalue weighted by Gasteiger charge is -2.29. The van der Waals surface area contributed by atoms with E-state index in [0.29, 0.717) is 0 Å². The first-order valence-corrected chi connectivity index (χ1v) is 11.5. The van der Waals surface area contributed by atoms with Crippen LogP contribution in [-0.4, -0.2) is 45.7 Å². The molecule has 5 aromatic rings. The highest BCUT2D eigenvalue weighted by Crippen LogP contribution is 2.29. The zero-order valence-corrected chi connectivity index (χ0v) is 19.0. The molecule has 6 nitrogen and oxygen atoms in total. The van der Waals surface area contributed by atoms with E-state index in [1.807, 2.05) is 37.4 Å². The zero-order valence-electron chi connectivity index (χ0n) is 19.0. The normalized spacial score (nSPS) is 13.7. The number of rotatable bonds is 2. The first-order chi connectivity index (χ1) is 16.8. The summed E-state index contributed by atoms with van der Waals surface area (Å²) in [5.41, 5.74) is 7.05. The fourth-order valence-corrected chi connectivity index (χ4v) is 4.58. The molecule has 6 rings (SSSR count). The minimum absolute atomic E-state index is 0.883. The monoisotopic (exact) mass is 444 g/mol. The van der Waals surface area contributed by atoms with Crippen LogP contribution in [0.5, 0.6) is 0 Å². The molecule has 0 unspecified atom stereocenters. The predicted molar refractivity (Wildman–Crippen MR) is 136 cm³/mol. The van der Waals surface area contributed by atoms with E-state index in [1.165, 1.54) is 5.69 Å². The Hall–Kier alpha value is -4.21. The lowest BCUT2D eigenvalue weighted by atomic mass is 10.1. The zero-order chi connectivity index (χ0) is 22.9. The van der Waals surface area contributed by atoms with Gasteiger partial charge in [0.15, 0.2) is 0 Å². The summed E-state index contributed by atoms with van der Waals surface area (Å²) in [4.78, 5) is 16.0. The molecule has 1 N–H and O–H groups in total. The molecule has 0 amide bonds. The number of nitrogens with one attached hydrogen (secondary N) is 1. The van der Waals surface area contributed by atoms with Crippen LogP contribution in [0.1, 0.15) is 17.0 Å². The summed E-state index contributed by atoms with van der Waals surface area (Å²) in [5, 5.41) is 4.46. The van der Waals surface area contributed by atoms with Crippen LogP contribution in [0.4, 0.5) is 5.69 Å². The number of benzene rings is 2. The van der Waals surface area contributed by atoms with E-state index in [9.17, 15) is 0 Å². The van der Waals surface area contributed by atoms with E-state index in [0.717, 1.165) is 70.8 Å². The van der Waals surface area contributed by atoms with Crippen molar-refractivity contribution < 1.29 is 0 Å². The van der Waals surface area contributed by atoms with Gasteiger partial charge in [0.1, 0.15) is 11.3 Å². The molecule has 0 bridgehead atoms. The van der Waals surface area contributed by atoms with Crippen molar-refractivity contribution in [1.82, 2.24) is 24.8 Å². The first kappa shape index (κ1) is 20.4. The third-order valence-corrected chi connectivity index (χ3v) is 6.25. The van der Waals surface area contributed by atoms with Gasteiger partial charge in [0, 0.05) is 66.5 Å². The molecule has 0 spiro atoms. The first-order valence-electron chi connectivity index (χ1n) is 11.5. The average Bonchev–Trinajstić information content (AvgIpc) is 3.25. The highest BCUT2D eigenvalue weighted by atomic mass is 15.2. The molecule has 6 heteroatoms. The molecule has 1 fully saturated rings. The number of hydrogen-bond acceptors (Lipinski definition) is 5. The quantitative estimate of drug-likeness (QED) is 0.416. The van der Waals surface area contributed by atoms with E-state index in [4.69, 9.17) is 4.98 Å². The SMILES string of the molecule is Cc1nc2cnc3ccc(C#Cc4cccnc4)cc3c2n1-c1ccc(N2CCNCC2)cc1. The fraction of sp³-hybridized carbons (Fsp3) is 0.179. The Bertz CT molecular complexity index is 1540. The van der Waals surface area contributed by atoms with Crippen LogP contribution < -0.4 is 10.2 Å². The summed E-state index contributed by atoms with van der Waals surface area (Å²) in [5.74, 6) is 7.40. The van der Waals surface area contributed by atoms with Crippen molar-refractivity contribution in [3.05, 3.63) is 90.1 Å². The predicted octanol–water partition coefficient (Wildman–Crippen LogP) is 4.09. The summed E-state index contributed by atoms with van der Waals surface area (Å²) >= 11 is 0. The van der Waals surface area contributed by atoms with Crippen LogP contribution >= 0.6 is 0 Å². The van der Waals surface area contributed by atoms with Crippen LogP contribution in [0.3, 0.4) is 0 Å². The number of anilines is 1. The maximum atomic E-state index is 4.81. The van der Waals surface area contributed by atoms with Crippen molar-refractivity contribution in [2.45, 2.75) is 6.92 Å². The van der Waals surface area contributed by atoms with Crippen molar-refractivity contribution in [2.75, 3.05) is 31.1 Å². The summed E-state index contributed by atoms with van der Waals surface area (Å²) in [6.07, 6.45) is 5.39. The number of pyridine rings is 2. The molecular formula is C28H24N6. The minimum Gasteiger partial charge on any atom is -0.369 e. The Morgan fingerprint density at radius 1 is 0.853 bits per heavy atom. The topological polar surface area (TPSA) is 58.9 Å². The van der Waals surface area contributed by atoms with E-state index in [-0.39, 0.29) is 0 Å². The molecular weight excluding hydrogens is 420 g/mol. The number of fused-ring (bicyclic) bond motifs is 3. The molecule has 0 saturated carbocycles. The van der Waals surface area contributed by atoms with Gasteiger partial charge in [-0.2, -0.15) is 0 Å². The van der Waals surface area contributed by atoms with Crippen molar-refractivity contribution >= 4 is 27.6 Å². The highest BCUT2D eigenvalue weighted by Gasteiger charge is 2.15. The van der Waals surface area contributed by atoms with Gasteiger partial charge >= 0.3 is 0 Å². The van der Waals surface area contributed by atoms with Crippen molar-refractivity contribution in [3.8, 4) is 17.5 Å². The van der Waals surface area contributed by atoms with Crippen LogP contribution in [-0.2, 0) is 0 Å². The van der Waals surface area contributed by atoms with Gasteiger partial charge in [0.25, 0.3) is 0 Å². The molecule has 4 heterocycles. The molecule has 3 aromatic heterocycles. The number of imidazole rings is 1. The molecule has 2 aromatic carbocycles. The van der Waals surface area contributed by atoms with Crippen LogP contribution in [0.25, 0.3) is 27.6 Å². The Morgan fingerprint density at radius 2 is 1.65 bits per heavy atom. The average molecular weight is 445 g/mol. The number of piperazine rings is 1. The molecule has 0 radical (unpaired) electrons. The molecule has 34 heavy (non-hydrogen) atoms. The van der Waals surface area contributed by atoms with E-state index in [2.05, 4.69) is 66.9 Å². The van der Waals surface area contributed by atoms with Gasteiger partial charge in [0.05, 0.1) is 17.2 Å². The minimum atomic E-state index is 0.883. The van der Waals surface area contributed by atoms with Gasteiger partial charge in [-0.05, 0) is 61.5 Å². The summed E-state index contributed by atoms with van der Waals surface area (Å²) in [6, 6.07) is 18.8. The third-order valence-electron chi connectivity index (χ3n) is 6.25.